The number of benzene rings is 1. The molecule has 1 aliphatic rings. The van der Waals surface area contributed by atoms with Crippen LogP contribution in [-0.4, -0.2) is 11.9 Å². The number of carbonyl (C=O) groups excluding carboxylic acids is 1. The Bertz CT molecular complexity index is 560. The molecule has 0 bridgehead atoms. The van der Waals surface area contributed by atoms with E-state index in [0.29, 0.717) is 5.90 Å². The van der Waals surface area contributed by atoms with Gasteiger partial charge in [-0.15, -0.1) is 11.3 Å². The highest BCUT2D eigenvalue weighted by Gasteiger charge is 2.31. The van der Waals surface area contributed by atoms with Crippen molar-refractivity contribution in [1.82, 2.24) is 0 Å². The minimum absolute atomic E-state index is 0.300. The van der Waals surface area contributed by atoms with Crippen molar-refractivity contribution in [2.45, 2.75) is 6.04 Å². The topological polar surface area (TPSA) is 38.7 Å². The van der Waals surface area contributed by atoms with Gasteiger partial charge in [0.05, 0.1) is 0 Å². The Hall–Kier alpha value is -1.94. The summed E-state index contributed by atoms with van der Waals surface area (Å²) in [6.07, 6.45) is 0. The summed E-state index contributed by atoms with van der Waals surface area (Å²) < 4.78 is 5.20. The molecule has 1 aromatic heterocycles. The molecule has 17 heavy (non-hydrogen) atoms. The Balaban J connectivity index is 1.95. The summed E-state index contributed by atoms with van der Waals surface area (Å²) in [6, 6.07) is 12.8. The largest absolute Gasteiger partial charge is 0.405 e. The fourth-order valence-corrected chi connectivity index (χ4v) is 2.44. The third-order valence-electron chi connectivity index (χ3n) is 2.50. The average molecular weight is 243 g/mol. The van der Waals surface area contributed by atoms with Crippen LogP contribution in [0.3, 0.4) is 0 Å². The smallest absolute Gasteiger partial charge is 0.343 e. The lowest BCUT2D eigenvalue weighted by Gasteiger charge is -1.98. The summed E-state index contributed by atoms with van der Waals surface area (Å²) in [5.41, 5.74) is 0.833. The Morgan fingerprint density at radius 3 is 2.65 bits per heavy atom. The van der Waals surface area contributed by atoms with Gasteiger partial charge in [-0.25, -0.2) is 9.79 Å². The zero-order valence-electron chi connectivity index (χ0n) is 8.87. The molecule has 0 aliphatic carbocycles. The molecule has 0 amide bonds. The summed E-state index contributed by atoms with van der Waals surface area (Å²) in [5, 5.41) is 1.93. The number of thiophene rings is 1. The second-order valence-electron chi connectivity index (χ2n) is 3.64. The minimum atomic E-state index is -0.495. The normalized spacial score (nSPS) is 18.9. The molecule has 3 nitrogen and oxygen atoms in total. The van der Waals surface area contributed by atoms with E-state index < -0.39 is 6.04 Å². The Labute approximate surface area is 102 Å². The van der Waals surface area contributed by atoms with E-state index in [2.05, 4.69) is 4.99 Å². The lowest BCUT2D eigenvalue weighted by Crippen LogP contribution is -2.07. The molecule has 1 aromatic carbocycles. The van der Waals surface area contributed by atoms with Crippen LogP contribution in [0.2, 0.25) is 0 Å². The number of ether oxygens (including phenoxy) is 1. The molecular weight excluding hydrogens is 234 g/mol. The standard InChI is InChI=1S/C13H9NO2S/c15-13-11(10-7-4-8-17-10)14-12(16-13)9-5-2-1-3-6-9/h1-8,11H. The van der Waals surface area contributed by atoms with Crippen molar-refractivity contribution in [1.29, 1.82) is 0 Å². The Morgan fingerprint density at radius 1 is 1.12 bits per heavy atom. The van der Waals surface area contributed by atoms with Gasteiger partial charge in [-0.3, -0.25) is 0 Å². The first-order valence-corrected chi connectivity index (χ1v) is 6.11. The highest BCUT2D eigenvalue weighted by molar-refractivity contribution is 7.10. The second kappa shape index (κ2) is 4.14. The van der Waals surface area contributed by atoms with E-state index in [-0.39, 0.29) is 5.97 Å². The van der Waals surface area contributed by atoms with E-state index in [1.807, 2.05) is 47.8 Å². The summed E-state index contributed by atoms with van der Waals surface area (Å²) in [5.74, 6) is 0.111. The fraction of sp³-hybridized carbons (Fsp3) is 0.0769. The van der Waals surface area contributed by atoms with Crippen LogP contribution in [0.25, 0.3) is 0 Å². The van der Waals surface area contributed by atoms with E-state index in [9.17, 15) is 4.79 Å². The van der Waals surface area contributed by atoms with E-state index in [1.165, 1.54) is 11.3 Å². The van der Waals surface area contributed by atoms with Crippen molar-refractivity contribution in [2.24, 2.45) is 4.99 Å². The SMILES string of the molecule is O=C1OC(c2ccccc2)=NC1c1cccs1. The molecule has 0 N–H and O–H groups in total. The third kappa shape index (κ3) is 1.87. The number of hydrogen-bond acceptors (Lipinski definition) is 4. The number of rotatable bonds is 2. The molecular formula is C13H9NO2S. The number of nitrogens with zero attached hydrogens (tertiary/aromatic N) is 1. The second-order valence-corrected chi connectivity index (χ2v) is 4.62. The van der Waals surface area contributed by atoms with Gasteiger partial charge in [-0.1, -0.05) is 24.3 Å². The van der Waals surface area contributed by atoms with Crippen LogP contribution in [0.15, 0.2) is 52.8 Å². The lowest BCUT2D eigenvalue weighted by molar-refractivity contribution is -0.135. The average Bonchev–Trinajstić information content (AvgIpc) is 2.99. The Kier molecular flexibility index (Phi) is 2.49. The van der Waals surface area contributed by atoms with Crippen LogP contribution < -0.4 is 0 Å². The first kappa shape index (κ1) is 10.2. The van der Waals surface area contributed by atoms with Crippen LogP contribution in [0.5, 0.6) is 0 Å². The molecule has 0 spiro atoms. The van der Waals surface area contributed by atoms with Crippen molar-refractivity contribution >= 4 is 23.2 Å². The Morgan fingerprint density at radius 2 is 1.94 bits per heavy atom. The molecule has 84 valence electrons. The van der Waals surface area contributed by atoms with Crippen LogP contribution in [0, 0.1) is 0 Å². The summed E-state index contributed by atoms with van der Waals surface area (Å²) in [7, 11) is 0. The molecule has 1 aliphatic heterocycles. The van der Waals surface area contributed by atoms with Crippen molar-refractivity contribution in [2.75, 3.05) is 0 Å². The molecule has 0 radical (unpaired) electrons. The van der Waals surface area contributed by atoms with Crippen molar-refractivity contribution in [3.8, 4) is 0 Å². The van der Waals surface area contributed by atoms with E-state index in [4.69, 9.17) is 4.74 Å². The molecule has 0 saturated carbocycles. The number of hydrogen-bond donors (Lipinski definition) is 0. The minimum Gasteiger partial charge on any atom is -0.405 e. The van der Waals surface area contributed by atoms with Gasteiger partial charge in [0, 0.05) is 10.4 Å². The number of cyclic esters (lactones) is 1. The van der Waals surface area contributed by atoms with Gasteiger partial charge in [-0.05, 0) is 23.6 Å². The fourth-order valence-electron chi connectivity index (χ4n) is 1.69. The predicted octanol–water partition coefficient (Wildman–Crippen LogP) is 2.79. The quantitative estimate of drug-likeness (QED) is 0.761. The zero-order chi connectivity index (χ0) is 11.7. The maximum absolute atomic E-state index is 11.7. The number of aliphatic imine (C=N–C) groups is 1. The molecule has 0 fully saturated rings. The third-order valence-corrected chi connectivity index (χ3v) is 3.43. The first-order chi connectivity index (χ1) is 8.34. The predicted molar refractivity (Wildman–Crippen MR) is 66.1 cm³/mol. The maximum Gasteiger partial charge on any atom is 0.343 e. The molecule has 4 heteroatoms. The molecule has 1 atom stereocenters. The van der Waals surface area contributed by atoms with Crippen LogP contribution in [-0.2, 0) is 9.53 Å². The van der Waals surface area contributed by atoms with Crippen molar-refractivity contribution in [3.05, 3.63) is 58.3 Å². The van der Waals surface area contributed by atoms with Gasteiger partial charge in [-0.2, -0.15) is 0 Å². The van der Waals surface area contributed by atoms with E-state index in [1.54, 1.807) is 0 Å². The van der Waals surface area contributed by atoms with E-state index in [0.717, 1.165) is 10.4 Å². The molecule has 2 heterocycles. The molecule has 1 unspecified atom stereocenters. The van der Waals surface area contributed by atoms with Gasteiger partial charge in [0.25, 0.3) is 0 Å². The van der Waals surface area contributed by atoms with Gasteiger partial charge < -0.3 is 4.74 Å². The highest BCUT2D eigenvalue weighted by atomic mass is 32.1. The van der Waals surface area contributed by atoms with Crippen molar-refractivity contribution in [3.63, 3.8) is 0 Å². The van der Waals surface area contributed by atoms with Crippen molar-refractivity contribution < 1.29 is 9.53 Å². The highest BCUT2D eigenvalue weighted by Crippen LogP contribution is 2.29. The van der Waals surface area contributed by atoms with Crippen LogP contribution in [0.4, 0.5) is 0 Å². The first-order valence-electron chi connectivity index (χ1n) is 5.23. The number of carbonyl (C=O) groups is 1. The summed E-state index contributed by atoms with van der Waals surface area (Å²) >= 11 is 1.51. The summed E-state index contributed by atoms with van der Waals surface area (Å²) in [4.78, 5) is 17.0. The summed E-state index contributed by atoms with van der Waals surface area (Å²) in [6.45, 7) is 0. The monoisotopic (exact) mass is 243 g/mol. The van der Waals surface area contributed by atoms with Gasteiger partial charge >= 0.3 is 5.97 Å². The zero-order valence-corrected chi connectivity index (χ0v) is 9.68. The van der Waals surface area contributed by atoms with Crippen LogP contribution in [0.1, 0.15) is 16.5 Å². The van der Waals surface area contributed by atoms with Gasteiger partial charge in [0.1, 0.15) is 0 Å². The van der Waals surface area contributed by atoms with Crippen LogP contribution >= 0.6 is 11.3 Å². The molecule has 0 saturated heterocycles. The molecule has 3 rings (SSSR count). The van der Waals surface area contributed by atoms with Gasteiger partial charge in [0.15, 0.2) is 6.04 Å². The lowest BCUT2D eigenvalue weighted by atomic mass is 10.2. The maximum atomic E-state index is 11.7. The number of esters is 1. The van der Waals surface area contributed by atoms with Gasteiger partial charge in [0.2, 0.25) is 5.90 Å². The van der Waals surface area contributed by atoms with E-state index >= 15 is 0 Å². The molecule has 2 aromatic rings.